The molecule has 0 aliphatic heterocycles. The summed E-state index contributed by atoms with van der Waals surface area (Å²) in [7, 11) is 1.78. The number of hydrogen-bond acceptors (Lipinski definition) is 3. The number of benzene rings is 1. The molecule has 0 aliphatic carbocycles. The van der Waals surface area contributed by atoms with Gasteiger partial charge in [-0.1, -0.05) is 37.6 Å². The number of nitrogens with one attached hydrogen (secondary N) is 1. The number of aliphatic hydroxyl groups is 1. The molecule has 1 heterocycles. The zero-order valence-electron chi connectivity index (χ0n) is 14.5. The Morgan fingerprint density at radius 1 is 1.38 bits per heavy atom. The fourth-order valence-corrected chi connectivity index (χ4v) is 2.74. The molecule has 0 fully saturated rings. The Hall–Kier alpha value is -1.85. The van der Waals surface area contributed by atoms with Crippen molar-refractivity contribution >= 4 is 17.5 Å². The van der Waals surface area contributed by atoms with E-state index in [2.05, 4.69) is 10.4 Å². The quantitative estimate of drug-likeness (QED) is 0.842. The number of nitrogens with zero attached hydrogens (tertiary/aromatic N) is 2. The average Bonchev–Trinajstić information content (AvgIpc) is 2.92. The van der Waals surface area contributed by atoms with Gasteiger partial charge in [-0.25, -0.2) is 0 Å². The van der Waals surface area contributed by atoms with E-state index in [4.69, 9.17) is 11.6 Å². The second kappa shape index (κ2) is 6.95. The van der Waals surface area contributed by atoms with Crippen LogP contribution in [0.25, 0.3) is 0 Å². The van der Waals surface area contributed by atoms with Gasteiger partial charge in [0.25, 0.3) is 0 Å². The van der Waals surface area contributed by atoms with Crippen LogP contribution in [-0.2, 0) is 23.9 Å². The molecule has 0 radical (unpaired) electrons. The Labute approximate surface area is 147 Å². The fourth-order valence-electron chi connectivity index (χ4n) is 2.53. The van der Waals surface area contributed by atoms with Crippen LogP contribution in [0.15, 0.2) is 36.7 Å². The number of hydrogen-bond donors (Lipinski definition) is 2. The van der Waals surface area contributed by atoms with Crippen LogP contribution in [0.1, 0.15) is 31.9 Å². The second-order valence-corrected chi connectivity index (χ2v) is 7.49. The first-order chi connectivity index (χ1) is 11.1. The standard InChI is InChI=1S/C18H24ClN3O2/c1-17(2,9-13-6-5-7-15(19)8-13)16(23)20-12-18(3,24)14-10-21-22(4)11-14/h5-8,10-11,24H,9,12H2,1-4H3,(H,20,23)/t18-/m1/s1. The van der Waals surface area contributed by atoms with Gasteiger partial charge in [0.2, 0.25) is 5.91 Å². The summed E-state index contributed by atoms with van der Waals surface area (Å²) in [5.41, 5.74) is -0.120. The molecule has 2 aromatic rings. The van der Waals surface area contributed by atoms with E-state index in [1.807, 2.05) is 38.1 Å². The summed E-state index contributed by atoms with van der Waals surface area (Å²) in [6.45, 7) is 5.54. The van der Waals surface area contributed by atoms with Crippen LogP contribution in [0.4, 0.5) is 0 Å². The van der Waals surface area contributed by atoms with Gasteiger partial charge in [-0.15, -0.1) is 0 Å². The summed E-state index contributed by atoms with van der Waals surface area (Å²) in [6.07, 6.45) is 3.90. The molecule has 2 N–H and O–H groups in total. The Morgan fingerprint density at radius 3 is 2.67 bits per heavy atom. The number of rotatable bonds is 6. The predicted octanol–water partition coefficient (Wildman–Crippen LogP) is 2.67. The lowest BCUT2D eigenvalue weighted by Crippen LogP contribution is -2.44. The SMILES string of the molecule is Cn1cc([C@](C)(O)CNC(=O)C(C)(C)Cc2cccc(Cl)c2)cn1. The number of carbonyl (C=O) groups excluding carboxylic acids is 1. The van der Waals surface area contributed by atoms with E-state index in [0.717, 1.165) is 5.56 Å². The molecule has 130 valence electrons. The third-order valence-electron chi connectivity index (χ3n) is 4.07. The van der Waals surface area contributed by atoms with E-state index >= 15 is 0 Å². The lowest BCUT2D eigenvalue weighted by Gasteiger charge is -2.28. The number of aryl methyl sites for hydroxylation is 1. The molecule has 0 aliphatic rings. The molecule has 0 bridgehead atoms. The van der Waals surface area contributed by atoms with Crippen LogP contribution in [-0.4, -0.2) is 27.3 Å². The van der Waals surface area contributed by atoms with Crippen molar-refractivity contribution in [2.75, 3.05) is 6.54 Å². The maximum absolute atomic E-state index is 12.6. The van der Waals surface area contributed by atoms with Gasteiger partial charge < -0.3 is 10.4 Å². The number of amides is 1. The normalized spacial score (nSPS) is 14.2. The molecule has 6 heteroatoms. The number of carbonyl (C=O) groups is 1. The van der Waals surface area contributed by atoms with E-state index in [1.165, 1.54) is 0 Å². The molecule has 2 rings (SSSR count). The maximum Gasteiger partial charge on any atom is 0.226 e. The van der Waals surface area contributed by atoms with E-state index in [9.17, 15) is 9.90 Å². The lowest BCUT2D eigenvalue weighted by atomic mass is 9.84. The van der Waals surface area contributed by atoms with Crippen molar-refractivity contribution in [2.45, 2.75) is 32.8 Å². The maximum atomic E-state index is 12.6. The molecule has 1 amide bonds. The molecule has 0 unspecified atom stereocenters. The third kappa shape index (κ3) is 4.58. The Balaban J connectivity index is 2.00. The lowest BCUT2D eigenvalue weighted by molar-refractivity contribution is -0.130. The molecular weight excluding hydrogens is 326 g/mol. The predicted molar refractivity (Wildman–Crippen MR) is 94.7 cm³/mol. The molecule has 1 atom stereocenters. The monoisotopic (exact) mass is 349 g/mol. The van der Waals surface area contributed by atoms with Crippen molar-refractivity contribution in [3.63, 3.8) is 0 Å². The molecule has 0 saturated heterocycles. The number of aromatic nitrogens is 2. The first kappa shape index (κ1) is 18.5. The molecule has 24 heavy (non-hydrogen) atoms. The van der Waals surface area contributed by atoms with E-state index in [-0.39, 0.29) is 12.5 Å². The van der Waals surface area contributed by atoms with Crippen molar-refractivity contribution in [2.24, 2.45) is 12.5 Å². The Kier molecular flexibility index (Phi) is 5.35. The fraction of sp³-hybridized carbons (Fsp3) is 0.444. The van der Waals surface area contributed by atoms with Gasteiger partial charge in [-0.05, 0) is 31.0 Å². The van der Waals surface area contributed by atoms with Crippen LogP contribution in [0.2, 0.25) is 5.02 Å². The van der Waals surface area contributed by atoms with Gasteiger partial charge in [-0.3, -0.25) is 9.48 Å². The minimum atomic E-state index is -1.17. The largest absolute Gasteiger partial charge is 0.383 e. The summed E-state index contributed by atoms with van der Waals surface area (Å²) in [5.74, 6) is -0.119. The summed E-state index contributed by atoms with van der Waals surface area (Å²) in [4.78, 5) is 12.6. The van der Waals surface area contributed by atoms with Crippen LogP contribution < -0.4 is 5.32 Å². The van der Waals surface area contributed by atoms with Crippen molar-refractivity contribution in [3.8, 4) is 0 Å². The van der Waals surface area contributed by atoms with Crippen molar-refractivity contribution in [1.29, 1.82) is 0 Å². The zero-order valence-corrected chi connectivity index (χ0v) is 15.3. The summed E-state index contributed by atoms with van der Waals surface area (Å²) in [5, 5.41) is 18.1. The summed E-state index contributed by atoms with van der Waals surface area (Å²) >= 11 is 6.00. The van der Waals surface area contributed by atoms with Crippen LogP contribution >= 0.6 is 11.6 Å². The van der Waals surface area contributed by atoms with Crippen molar-refractivity contribution in [3.05, 3.63) is 52.8 Å². The molecule has 1 aromatic heterocycles. The molecule has 1 aromatic carbocycles. The minimum Gasteiger partial charge on any atom is -0.383 e. The smallest absolute Gasteiger partial charge is 0.226 e. The van der Waals surface area contributed by atoms with Gasteiger partial charge in [0.15, 0.2) is 0 Å². The number of halogens is 1. The first-order valence-electron chi connectivity index (χ1n) is 7.84. The van der Waals surface area contributed by atoms with E-state index in [1.54, 1.807) is 31.0 Å². The van der Waals surface area contributed by atoms with Gasteiger partial charge in [-0.2, -0.15) is 5.10 Å². The molecule has 0 spiro atoms. The van der Waals surface area contributed by atoms with Crippen LogP contribution in [0.3, 0.4) is 0 Å². The first-order valence-corrected chi connectivity index (χ1v) is 8.22. The van der Waals surface area contributed by atoms with Crippen molar-refractivity contribution in [1.82, 2.24) is 15.1 Å². The zero-order chi connectivity index (χ0) is 18.0. The highest BCUT2D eigenvalue weighted by Gasteiger charge is 2.31. The molecular formula is C18H24ClN3O2. The average molecular weight is 350 g/mol. The topological polar surface area (TPSA) is 67.2 Å². The van der Waals surface area contributed by atoms with Crippen molar-refractivity contribution < 1.29 is 9.90 Å². The summed E-state index contributed by atoms with van der Waals surface area (Å²) < 4.78 is 1.62. The highest BCUT2D eigenvalue weighted by molar-refractivity contribution is 6.30. The summed E-state index contributed by atoms with van der Waals surface area (Å²) in [6, 6.07) is 7.50. The Morgan fingerprint density at radius 2 is 2.08 bits per heavy atom. The van der Waals surface area contributed by atoms with Gasteiger partial charge in [0.05, 0.1) is 12.7 Å². The van der Waals surface area contributed by atoms with Gasteiger partial charge in [0.1, 0.15) is 5.60 Å². The van der Waals surface area contributed by atoms with Crippen LogP contribution in [0.5, 0.6) is 0 Å². The van der Waals surface area contributed by atoms with E-state index < -0.39 is 11.0 Å². The second-order valence-electron chi connectivity index (χ2n) is 7.05. The molecule has 0 saturated carbocycles. The Bertz CT molecular complexity index is 723. The highest BCUT2D eigenvalue weighted by Crippen LogP contribution is 2.25. The third-order valence-corrected chi connectivity index (χ3v) is 4.30. The van der Waals surface area contributed by atoms with E-state index in [0.29, 0.717) is 17.0 Å². The van der Waals surface area contributed by atoms with Gasteiger partial charge >= 0.3 is 0 Å². The van der Waals surface area contributed by atoms with Gasteiger partial charge in [0, 0.05) is 29.2 Å². The minimum absolute atomic E-state index is 0.119. The highest BCUT2D eigenvalue weighted by atomic mass is 35.5. The van der Waals surface area contributed by atoms with Crippen LogP contribution in [0, 0.1) is 5.41 Å². The molecule has 5 nitrogen and oxygen atoms in total.